The second-order valence-corrected chi connectivity index (χ2v) is 16.2. The zero-order chi connectivity index (χ0) is 18.6. The summed E-state index contributed by atoms with van der Waals surface area (Å²) in [6.07, 6.45) is 7.42. The Morgan fingerprint density at radius 1 is 0.880 bits per heavy atom. The molecule has 4 heteroatoms. The molecule has 0 spiro atoms. The maximum atomic E-state index is 11.6. The Hall–Kier alpha value is -0.823. The molecule has 0 heterocycles. The van der Waals surface area contributed by atoms with Crippen LogP contribution in [0.15, 0.2) is 11.1 Å². The molecule has 0 radical (unpaired) electrons. The quantitative estimate of drug-likeness (QED) is 0.324. The fraction of sp³-hybridized carbons (Fsp3) is 0.905. The minimum absolute atomic E-state index is 0.0900. The third-order valence-electron chi connectivity index (χ3n) is 8.14. The van der Waals surface area contributed by atoms with Crippen molar-refractivity contribution in [3.8, 4) is 0 Å². The van der Waals surface area contributed by atoms with Gasteiger partial charge in [-0.2, -0.15) is 0 Å². The van der Waals surface area contributed by atoms with Crippen LogP contribution in [0.25, 0.3) is 4.98 Å². The zero-order valence-electron chi connectivity index (χ0n) is 17.0. The van der Waals surface area contributed by atoms with Crippen LogP contribution in [0.1, 0.15) is 80.1 Å². The molecule has 0 aromatic rings. The molecule has 4 bridgehead atoms. The van der Waals surface area contributed by atoms with Crippen LogP contribution in [0.5, 0.6) is 0 Å². The molecule has 0 aromatic carbocycles. The van der Waals surface area contributed by atoms with E-state index in [1.54, 1.807) is 0 Å². The highest BCUT2D eigenvalue weighted by molar-refractivity contribution is 6.90. The van der Waals surface area contributed by atoms with Crippen molar-refractivity contribution in [2.45, 2.75) is 96.7 Å². The van der Waals surface area contributed by atoms with E-state index in [2.05, 4.69) is 46.5 Å². The molecule has 4 aliphatic rings. The number of rotatable bonds is 5. The van der Waals surface area contributed by atoms with Crippen molar-refractivity contribution in [1.29, 1.82) is 5.39 Å². The third kappa shape index (κ3) is 2.69. The van der Waals surface area contributed by atoms with Crippen LogP contribution >= 0.6 is 0 Å². The summed E-state index contributed by atoms with van der Waals surface area (Å²) in [7, 11) is -2.16. The van der Waals surface area contributed by atoms with E-state index in [9.17, 15) is 10.5 Å². The molecule has 3 nitrogen and oxygen atoms in total. The van der Waals surface area contributed by atoms with E-state index in [0.29, 0.717) is 22.4 Å². The summed E-state index contributed by atoms with van der Waals surface area (Å²) in [6, 6.07) is 0. The van der Waals surface area contributed by atoms with Crippen LogP contribution in [0.2, 0.25) is 16.6 Å². The lowest BCUT2D eigenvalue weighted by atomic mass is 9.49. The predicted molar refractivity (Wildman–Crippen MR) is 106 cm³/mol. The van der Waals surface area contributed by atoms with Gasteiger partial charge in [-0.05, 0) is 72.9 Å². The van der Waals surface area contributed by atoms with Gasteiger partial charge < -0.3 is 5.11 Å². The molecular weight excluding hydrogens is 324 g/mol. The van der Waals surface area contributed by atoms with Gasteiger partial charge in [0.1, 0.15) is 0 Å². The summed E-state index contributed by atoms with van der Waals surface area (Å²) in [5.41, 5.74) is 1.23. The lowest BCUT2D eigenvalue weighted by molar-refractivity contribution is -0.0509. The van der Waals surface area contributed by atoms with Crippen LogP contribution in [0.3, 0.4) is 0 Å². The molecule has 25 heavy (non-hydrogen) atoms. The molecule has 0 aromatic heterocycles. The van der Waals surface area contributed by atoms with Crippen molar-refractivity contribution >= 4 is 8.07 Å². The predicted octanol–water partition coefficient (Wildman–Crippen LogP) is 7.04. The van der Waals surface area contributed by atoms with Crippen molar-refractivity contribution in [1.82, 2.24) is 0 Å². The van der Waals surface area contributed by atoms with Gasteiger partial charge in [-0.1, -0.05) is 41.5 Å². The van der Waals surface area contributed by atoms with Gasteiger partial charge >= 0.3 is 5.32 Å². The van der Waals surface area contributed by atoms with Gasteiger partial charge in [0.05, 0.1) is 0 Å². The van der Waals surface area contributed by atoms with Crippen molar-refractivity contribution in [3.63, 3.8) is 0 Å². The van der Waals surface area contributed by atoms with Crippen LogP contribution in [0.4, 0.5) is 0 Å². The van der Waals surface area contributed by atoms with Crippen LogP contribution in [-0.4, -0.2) is 13.2 Å². The first kappa shape index (κ1) is 19.0. The van der Waals surface area contributed by atoms with Crippen LogP contribution in [-0.2, 0) is 0 Å². The first-order valence-electron chi connectivity index (χ1n) is 10.5. The summed E-state index contributed by atoms with van der Waals surface area (Å²) in [6.45, 7) is 13.6. The Morgan fingerprint density at radius 2 is 1.24 bits per heavy atom. The third-order valence-corrected chi connectivity index (χ3v) is 15.0. The van der Waals surface area contributed by atoms with E-state index in [0.717, 1.165) is 42.3 Å². The lowest BCUT2D eigenvalue weighted by Gasteiger charge is -2.56. The topological polar surface area (TPSA) is 48.4 Å². The highest BCUT2D eigenvalue weighted by Gasteiger charge is 2.61. The standard InChI is InChI=1S/C21H36N2OSi/c1-13(2)25(14(3)4,15(5)6)20(23-22)19(24)21-10-16-7-17(11-21)9-18(8-16)12-21/h13-18H,7-12H2,1-6H3/p+1/b20-19-. The van der Waals surface area contributed by atoms with Gasteiger partial charge in [-0.15, -0.1) is 0 Å². The average molecular weight is 362 g/mol. The summed E-state index contributed by atoms with van der Waals surface area (Å²) in [5.74, 6) is 2.83. The van der Waals surface area contributed by atoms with Gasteiger partial charge in [0, 0.05) is 5.41 Å². The number of diazo groups is 1. The smallest absolute Gasteiger partial charge is 0.364 e. The number of aliphatic hydroxyl groups is 1. The van der Waals surface area contributed by atoms with E-state index in [1.165, 1.54) is 19.3 Å². The SMILES string of the molecule is CC(C)[Si](/C([N+]#N)=C(\O)C12CC3CC(CC(C3)C1)C2)(C(C)C)C(C)C. The summed E-state index contributed by atoms with van der Waals surface area (Å²) in [4.78, 5) is 3.87. The van der Waals surface area contributed by atoms with Crippen molar-refractivity contribution in [2.24, 2.45) is 23.2 Å². The second-order valence-electron chi connectivity index (χ2n) is 10.4. The first-order chi connectivity index (χ1) is 11.7. The van der Waals surface area contributed by atoms with Crippen molar-refractivity contribution in [2.75, 3.05) is 0 Å². The van der Waals surface area contributed by atoms with E-state index in [1.807, 2.05) is 0 Å². The maximum absolute atomic E-state index is 11.6. The number of aliphatic hydroxyl groups excluding tert-OH is 1. The van der Waals surface area contributed by atoms with E-state index < -0.39 is 8.07 Å². The number of allylic oxidation sites excluding steroid dienone is 1. The molecule has 4 fully saturated rings. The van der Waals surface area contributed by atoms with Crippen LogP contribution < -0.4 is 0 Å². The largest absolute Gasteiger partial charge is 0.505 e. The van der Waals surface area contributed by atoms with Gasteiger partial charge in [0.25, 0.3) is 0 Å². The maximum Gasteiger partial charge on any atom is 0.364 e. The molecule has 140 valence electrons. The first-order valence-corrected chi connectivity index (χ1v) is 12.7. The Labute approximate surface area is 154 Å². The van der Waals surface area contributed by atoms with E-state index in [4.69, 9.17) is 0 Å². The van der Waals surface area contributed by atoms with Crippen LogP contribution in [0, 0.1) is 28.6 Å². The Morgan fingerprint density at radius 3 is 1.52 bits per heavy atom. The zero-order valence-corrected chi connectivity index (χ0v) is 18.0. The highest BCUT2D eigenvalue weighted by Crippen LogP contribution is 2.63. The number of hydrogen-bond acceptors (Lipinski definition) is 2. The van der Waals surface area contributed by atoms with Gasteiger partial charge in [0.2, 0.25) is 13.5 Å². The molecule has 0 atom stereocenters. The van der Waals surface area contributed by atoms with Gasteiger partial charge in [0.15, 0.2) is 10.7 Å². The van der Waals surface area contributed by atoms with E-state index in [-0.39, 0.29) is 5.41 Å². The second kappa shape index (κ2) is 6.41. The lowest BCUT2D eigenvalue weighted by Crippen LogP contribution is -2.51. The molecule has 4 aliphatic carbocycles. The van der Waals surface area contributed by atoms with Gasteiger partial charge in [-0.3, -0.25) is 0 Å². The minimum Gasteiger partial charge on any atom is -0.505 e. The summed E-state index contributed by atoms with van der Waals surface area (Å²) >= 11 is 0. The Balaban J connectivity index is 2.13. The molecule has 0 aliphatic heterocycles. The number of nitrogens with zero attached hydrogens (tertiary/aromatic N) is 2. The molecule has 0 unspecified atom stereocenters. The fourth-order valence-corrected chi connectivity index (χ4v) is 14.3. The highest BCUT2D eigenvalue weighted by atomic mass is 28.3. The Kier molecular flexibility index (Phi) is 4.86. The molecule has 4 rings (SSSR count). The molecular formula is C21H37N2OSi+. The minimum atomic E-state index is -2.16. The molecule has 4 saturated carbocycles. The monoisotopic (exact) mass is 361 g/mol. The fourth-order valence-electron chi connectivity index (χ4n) is 7.81. The average Bonchev–Trinajstić information content (AvgIpc) is 2.49. The summed E-state index contributed by atoms with van der Waals surface area (Å²) in [5, 5.41) is 22.5. The number of hydrogen-bond donors (Lipinski definition) is 1. The summed E-state index contributed by atoms with van der Waals surface area (Å²) < 4.78 is 0. The molecule has 0 amide bonds. The normalized spacial score (nSPS) is 35.4. The Bertz CT molecular complexity index is 542. The van der Waals surface area contributed by atoms with Crippen molar-refractivity contribution < 1.29 is 5.11 Å². The van der Waals surface area contributed by atoms with Gasteiger partial charge in [-0.25, -0.2) is 0 Å². The van der Waals surface area contributed by atoms with Crippen molar-refractivity contribution in [3.05, 3.63) is 16.1 Å². The molecule has 1 N–H and O–H groups in total. The molecule has 0 saturated heterocycles. The van der Waals surface area contributed by atoms with E-state index >= 15 is 0 Å².